The molecule has 0 saturated heterocycles. The zero-order valence-electron chi connectivity index (χ0n) is 12.1. The number of nitriles is 1. The van der Waals surface area contributed by atoms with E-state index >= 15 is 0 Å². The molecule has 0 aliphatic heterocycles. The third-order valence-electron chi connectivity index (χ3n) is 3.71. The first-order valence-corrected chi connectivity index (χ1v) is 7.31. The number of unbranched alkanes of at least 4 members (excludes halogenated alkanes) is 1. The number of nitrogens with one attached hydrogen (secondary N) is 1. The van der Waals surface area contributed by atoms with Crippen LogP contribution in [-0.4, -0.2) is 30.4 Å². The average Bonchev–Trinajstić information content (AvgIpc) is 2.47. The highest BCUT2D eigenvalue weighted by atomic mass is 16.2. The van der Waals surface area contributed by atoms with Crippen molar-refractivity contribution >= 4 is 5.91 Å². The Morgan fingerprint density at radius 3 is 2.68 bits per heavy atom. The highest BCUT2D eigenvalue weighted by Gasteiger charge is 2.24. The molecule has 0 aromatic heterocycles. The molecule has 0 atom stereocenters. The van der Waals surface area contributed by atoms with E-state index in [4.69, 9.17) is 5.26 Å². The minimum atomic E-state index is -0.154. The molecule has 4 nitrogen and oxygen atoms in total. The Morgan fingerprint density at radius 2 is 2.11 bits per heavy atom. The lowest BCUT2D eigenvalue weighted by Gasteiger charge is -2.31. The maximum absolute atomic E-state index is 12.2. The number of carbonyl (C=O) groups is 1. The molecule has 1 aliphatic rings. The fourth-order valence-electron chi connectivity index (χ4n) is 2.42. The van der Waals surface area contributed by atoms with Gasteiger partial charge in [-0.3, -0.25) is 4.79 Å². The van der Waals surface area contributed by atoms with E-state index in [1.807, 2.05) is 13.1 Å². The minimum absolute atomic E-state index is 0.154. The summed E-state index contributed by atoms with van der Waals surface area (Å²) in [5, 5.41) is 12.1. The predicted octanol–water partition coefficient (Wildman–Crippen LogP) is 2.57. The summed E-state index contributed by atoms with van der Waals surface area (Å²) < 4.78 is 0. The van der Waals surface area contributed by atoms with Gasteiger partial charge in [0.05, 0.1) is 0 Å². The summed E-state index contributed by atoms with van der Waals surface area (Å²) in [6.07, 6.45) is 9.45. The van der Waals surface area contributed by atoms with Crippen LogP contribution in [0.2, 0.25) is 0 Å². The third-order valence-corrected chi connectivity index (χ3v) is 3.71. The van der Waals surface area contributed by atoms with Gasteiger partial charge >= 0.3 is 0 Å². The van der Waals surface area contributed by atoms with Crippen LogP contribution in [0.4, 0.5) is 0 Å². The van der Waals surface area contributed by atoms with Crippen molar-refractivity contribution in [3.63, 3.8) is 0 Å². The molecule has 0 heterocycles. The van der Waals surface area contributed by atoms with Gasteiger partial charge in [-0.2, -0.15) is 5.26 Å². The Hall–Kier alpha value is -1.50. The van der Waals surface area contributed by atoms with E-state index in [1.165, 1.54) is 19.3 Å². The number of carbonyl (C=O) groups excluding carboxylic acids is 1. The van der Waals surface area contributed by atoms with Gasteiger partial charge in [0.15, 0.2) is 0 Å². The molecule has 1 amide bonds. The highest BCUT2D eigenvalue weighted by molar-refractivity contribution is 5.97. The zero-order valence-corrected chi connectivity index (χ0v) is 12.1. The predicted molar refractivity (Wildman–Crippen MR) is 76.2 cm³/mol. The molecule has 4 heteroatoms. The smallest absolute Gasteiger partial charge is 0.265 e. The molecule has 0 radical (unpaired) electrons. The lowest BCUT2D eigenvalue weighted by Crippen LogP contribution is -2.39. The maximum atomic E-state index is 12.2. The normalized spacial score (nSPS) is 16.8. The molecule has 0 aromatic carbocycles. The van der Waals surface area contributed by atoms with Crippen molar-refractivity contribution in [1.29, 1.82) is 5.26 Å². The van der Waals surface area contributed by atoms with Gasteiger partial charge in [-0.1, -0.05) is 32.6 Å². The van der Waals surface area contributed by atoms with Gasteiger partial charge in [-0.25, -0.2) is 0 Å². The molecule has 106 valence electrons. The topological polar surface area (TPSA) is 56.1 Å². The van der Waals surface area contributed by atoms with Gasteiger partial charge in [0.25, 0.3) is 5.91 Å². The molecular formula is C15H25N3O. The van der Waals surface area contributed by atoms with Crippen LogP contribution in [0.25, 0.3) is 0 Å². The summed E-state index contributed by atoms with van der Waals surface area (Å²) >= 11 is 0. The van der Waals surface area contributed by atoms with E-state index < -0.39 is 0 Å². The molecule has 1 fully saturated rings. The fourth-order valence-corrected chi connectivity index (χ4v) is 2.42. The Labute approximate surface area is 116 Å². The molecule has 1 aliphatic carbocycles. The van der Waals surface area contributed by atoms with Gasteiger partial charge in [0.1, 0.15) is 11.6 Å². The van der Waals surface area contributed by atoms with Crippen molar-refractivity contribution in [2.75, 3.05) is 13.6 Å². The Morgan fingerprint density at radius 1 is 1.42 bits per heavy atom. The molecule has 0 aromatic rings. The van der Waals surface area contributed by atoms with Crippen LogP contribution in [0, 0.1) is 11.3 Å². The fraction of sp³-hybridized carbons (Fsp3) is 0.733. The molecule has 1 rings (SSSR count). The molecule has 1 saturated carbocycles. The molecule has 0 bridgehead atoms. The van der Waals surface area contributed by atoms with Crippen molar-refractivity contribution in [1.82, 2.24) is 10.2 Å². The monoisotopic (exact) mass is 263 g/mol. The highest BCUT2D eigenvalue weighted by Crippen LogP contribution is 2.22. The standard InChI is InChI=1S/C15H25N3O/c1-3-4-10-17-12-13(11-16)15(19)18(2)14-8-6-5-7-9-14/h12,14,17H,3-10H2,1-2H3/b13-12-. The number of nitrogens with zero attached hydrogens (tertiary/aromatic N) is 2. The minimum Gasteiger partial charge on any atom is -0.390 e. The molecule has 19 heavy (non-hydrogen) atoms. The molecule has 0 spiro atoms. The Kier molecular flexibility index (Phi) is 7.02. The Balaban J connectivity index is 2.54. The van der Waals surface area contributed by atoms with Gasteiger partial charge < -0.3 is 10.2 Å². The van der Waals surface area contributed by atoms with E-state index in [9.17, 15) is 4.79 Å². The molecule has 1 N–H and O–H groups in total. The van der Waals surface area contributed by atoms with Gasteiger partial charge in [-0.05, 0) is 19.3 Å². The van der Waals surface area contributed by atoms with Crippen LogP contribution in [0.3, 0.4) is 0 Å². The van der Waals surface area contributed by atoms with Crippen LogP contribution in [0.15, 0.2) is 11.8 Å². The summed E-state index contributed by atoms with van der Waals surface area (Å²) in [5.41, 5.74) is 0.212. The van der Waals surface area contributed by atoms with Gasteiger partial charge in [0, 0.05) is 25.8 Å². The maximum Gasteiger partial charge on any atom is 0.265 e. The van der Waals surface area contributed by atoms with Gasteiger partial charge in [0.2, 0.25) is 0 Å². The van der Waals surface area contributed by atoms with Crippen molar-refractivity contribution < 1.29 is 4.79 Å². The number of amides is 1. The molecule has 0 unspecified atom stereocenters. The van der Waals surface area contributed by atoms with Crippen LogP contribution < -0.4 is 5.32 Å². The van der Waals surface area contributed by atoms with E-state index in [1.54, 1.807) is 11.1 Å². The summed E-state index contributed by atoms with van der Waals surface area (Å²) in [6, 6.07) is 2.31. The lowest BCUT2D eigenvalue weighted by molar-refractivity contribution is -0.128. The van der Waals surface area contributed by atoms with E-state index in [2.05, 4.69) is 12.2 Å². The zero-order chi connectivity index (χ0) is 14.1. The first-order valence-electron chi connectivity index (χ1n) is 7.31. The summed E-state index contributed by atoms with van der Waals surface area (Å²) in [5.74, 6) is -0.154. The number of likely N-dealkylation sites (N-methyl/N-ethyl adjacent to an activating group) is 1. The van der Waals surface area contributed by atoms with Crippen LogP contribution >= 0.6 is 0 Å². The van der Waals surface area contributed by atoms with E-state index in [0.717, 1.165) is 32.2 Å². The average molecular weight is 263 g/mol. The third kappa shape index (κ3) is 4.94. The summed E-state index contributed by atoms with van der Waals surface area (Å²) in [4.78, 5) is 14.0. The van der Waals surface area contributed by atoms with Crippen molar-refractivity contribution in [3.8, 4) is 6.07 Å². The van der Waals surface area contributed by atoms with Crippen LogP contribution in [0.1, 0.15) is 51.9 Å². The first-order chi connectivity index (χ1) is 9.20. The second-order valence-corrected chi connectivity index (χ2v) is 5.19. The quantitative estimate of drug-likeness (QED) is 0.455. The van der Waals surface area contributed by atoms with E-state index in [-0.39, 0.29) is 11.5 Å². The van der Waals surface area contributed by atoms with Crippen LogP contribution in [-0.2, 0) is 4.79 Å². The SMILES string of the molecule is CCCCN/C=C(/C#N)C(=O)N(C)C1CCCCC1. The molecular weight excluding hydrogens is 238 g/mol. The number of hydrogen-bond acceptors (Lipinski definition) is 3. The van der Waals surface area contributed by atoms with Crippen molar-refractivity contribution in [2.45, 2.75) is 57.9 Å². The number of rotatable bonds is 6. The van der Waals surface area contributed by atoms with Crippen molar-refractivity contribution in [3.05, 3.63) is 11.8 Å². The van der Waals surface area contributed by atoms with Gasteiger partial charge in [-0.15, -0.1) is 0 Å². The van der Waals surface area contributed by atoms with Crippen LogP contribution in [0.5, 0.6) is 0 Å². The largest absolute Gasteiger partial charge is 0.390 e. The first kappa shape index (κ1) is 15.6. The summed E-state index contributed by atoms with van der Waals surface area (Å²) in [7, 11) is 1.82. The van der Waals surface area contributed by atoms with E-state index in [0.29, 0.717) is 6.04 Å². The second kappa shape index (κ2) is 8.58. The second-order valence-electron chi connectivity index (χ2n) is 5.19. The number of hydrogen-bond donors (Lipinski definition) is 1. The Bertz CT molecular complexity index is 351. The lowest BCUT2D eigenvalue weighted by atomic mass is 9.94. The summed E-state index contributed by atoms with van der Waals surface area (Å²) in [6.45, 7) is 2.92. The van der Waals surface area contributed by atoms with Crippen molar-refractivity contribution in [2.24, 2.45) is 0 Å².